The molecule has 1 fully saturated rings. The molecule has 166 valence electrons. The average molecular weight is 430 g/mol. The predicted molar refractivity (Wildman–Crippen MR) is 112 cm³/mol. The molecule has 0 saturated carbocycles. The van der Waals surface area contributed by atoms with Crippen LogP contribution >= 0.6 is 0 Å². The van der Waals surface area contributed by atoms with Gasteiger partial charge in [-0.2, -0.15) is 0 Å². The molecule has 0 bridgehead atoms. The maximum absolute atomic E-state index is 12.8. The number of ether oxygens (including phenoxy) is 3. The summed E-state index contributed by atoms with van der Waals surface area (Å²) in [6.45, 7) is 1.97. The normalized spacial score (nSPS) is 17.5. The molecule has 0 aliphatic carbocycles. The van der Waals surface area contributed by atoms with Gasteiger partial charge in [0.2, 0.25) is 5.91 Å². The van der Waals surface area contributed by atoms with Crippen LogP contribution in [0.4, 0.5) is 0 Å². The van der Waals surface area contributed by atoms with Crippen molar-refractivity contribution in [3.8, 4) is 11.5 Å². The molecule has 3 N–H and O–H groups in total. The highest BCUT2D eigenvalue weighted by Crippen LogP contribution is 2.32. The van der Waals surface area contributed by atoms with Gasteiger partial charge in [-0.1, -0.05) is 35.9 Å². The van der Waals surface area contributed by atoms with E-state index in [1.54, 1.807) is 25.3 Å². The Morgan fingerprint density at radius 2 is 1.94 bits per heavy atom. The number of carbonyl (C=O) groups is 3. The summed E-state index contributed by atoms with van der Waals surface area (Å²) in [6, 6.07) is 12.5. The highest BCUT2D eigenvalue weighted by molar-refractivity contribution is 5.86. The Labute approximate surface area is 180 Å². The van der Waals surface area contributed by atoms with E-state index in [1.165, 1.54) is 7.11 Å². The number of amides is 2. The Morgan fingerprint density at radius 3 is 2.58 bits per heavy atom. The molecule has 9 nitrogen and oxygen atoms in total. The minimum absolute atomic E-state index is 0.160. The summed E-state index contributed by atoms with van der Waals surface area (Å²) in [7, 11) is 3.08. The van der Waals surface area contributed by atoms with Crippen molar-refractivity contribution < 1.29 is 33.7 Å². The lowest BCUT2D eigenvalue weighted by atomic mass is 9.98. The van der Waals surface area contributed by atoms with Crippen LogP contribution in [0, 0.1) is 6.92 Å². The molecular weight excluding hydrogens is 404 g/mol. The van der Waals surface area contributed by atoms with Crippen LogP contribution in [0.2, 0.25) is 0 Å². The summed E-state index contributed by atoms with van der Waals surface area (Å²) in [6.07, 6.45) is -0.847. The Balaban J connectivity index is 0.00000107. The van der Waals surface area contributed by atoms with E-state index < -0.39 is 12.1 Å². The second kappa shape index (κ2) is 11.6. The second-order valence-corrected chi connectivity index (χ2v) is 6.70. The minimum Gasteiger partial charge on any atom is -0.493 e. The number of carbonyl (C=O) groups excluding carboxylic acids is 2. The van der Waals surface area contributed by atoms with Crippen LogP contribution in [0.1, 0.15) is 22.7 Å². The van der Waals surface area contributed by atoms with Crippen LogP contribution in [0.15, 0.2) is 42.5 Å². The van der Waals surface area contributed by atoms with Gasteiger partial charge in [0, 0.05) is 6.54 Å². The van der Waals surface area contributed by atoms with Crippen molar-refractivity contribution >= 4 is 18.3 Å². The lowest BCUT2D eigenvalue weighted by molar-refractivity contribution is -0.148. The van der Waals surface area contributed by atoms with Gasteiger partial charge in [0.25, 0.3) is 12.4 Å². The number of nitrogens with one attached hydrogen (secondary N) is 2. The van der Waals surface area contributed by atoms with Crippen molar-refractivity contribution in [1.82, 2.24) is 10.6 Å². The van der Waals surface area contributed by atoms with E-state index in [1.807, 2.05) is 31.2 Å². The fourth-order valence-electron chi connectivity index (χ4n) is 3.20. The van der Waals surface area contributed by atoms with Crippen molar-refractivity contribution in [2.45, 2.75) is 25.6 Å². The third-order valence-electron chi connectivity index (χ3n) is 4.59. The lowest BCUT2D eigenvalue weighted by Crippen LogP contribution is -2.52. The number of carboxylic acid groups (broad SMARTS) is 1. The second-order valence-electron chi connectivity index (χ2n) is 6.70. The molecule has 0 radical (unpaired) electrons. The van der Waals surface area contributed by atoms with Gasteiger partial charge >= 0.3 is 0 Å². The Kier molecular flexibility index (Phi) is 8.83. The van der Waals surface area contributed by atoms with E-state index in [2.05, 4.69) is 10.6 Å². The first kappa shape index (κ1) is 23.7. The summed E-state index contributed by atoms with van der Waals surface area (Å²) >= 11 is 0. The first-order chi connectivity index (χ1) is 14.9. The monoisotopic (exact) mass is 430 g/mol. The summed E-state index contributed by atoms with van der Waals surface area (Å²) in [4.78, 5) is 33.0. The number of rotatable bonds is 6. The summed E-state index contributed by atoms with van der Waals surface area (Å²) in [5.41, 5.74) is 2.81. The molecule has 1 aliphatic heterocycles. The van der Waals surface area contributed by atoms with E-state index in [0.29, 0.717) is 23.6 Å². The van der Waals surface area contributed by atoms with Gasteiger partial charge in [-0.25, -0.2) is 0 Å². The van der Waals surface area contributed by atoms with Crippen molar-refractivity contribution in [2.24, 2.45) is 0 Å². The molecule has 0 aromatic heterocycles. The zero-order chi connectivity index (χ0) is 22.8. The number of hydrogen-bond donors (Lipinski definition) is 3. The molecule has 9 heteroatoms. The van der Waals surface area contributed by atoms with Gasteiger partial charge in [0.15, 0.2) is 17.6 Å². The molecule has 1 heterocycles. The zero-order valence-electron chi connectivity index (χ0n) is 17.6. The molecular formula is C22H26N2O7. The van der Waals surface area contributed by atoms with Gasteiger partial charge in [0.1, 0.15) is 6.61 Å². The predicted octanol–water partition coefficient (Wildman–Crippen LogP) is 1.59. The number of benzene rings is 2. The van der Waals surface area contributed by atoms with E-state index >= 15 is 0 Å². The van der Waals surface area contributed by atoms with Crippen LogP contribution in [0.25, 0.3) is 0 Å². The molecule has 3 rings (SSSR count). The van der Waals surface area contributed by atoms with Gasteiger partial charge in [-0.3, -0.25) is 14.4 Å². The van der Waals surface area contributed by atoms with E-state index in [4.69, 9.17) is 24.1 Å². The van der Waals surface area contributed by atoms with Gasteiger partial charge in [-0.15, -0.1) is 0 Å². The first-order valence-corrected chi connectivity index (χ1v) is 9.47. The van der Waals surface area contributed by atoms with Crippen LogP contribution in [-0.2, 0) is 25.7 Å². The van der Waals surface area contributed by atoms with E-state index in [-0.39, 0.29) is 24.9 Å². The van der Waals surface area contributed by atoms with Gasteiger partial charge < -0.3 is 30.0 Å². The van der Waals surface area contributed by atoms with Crippen LogP contribution in [-0.4, -0.2) is 50.3 Å². The lowest BCUT2D eigenvalue weighted by Gasteiger charge is -2.32. The third-order valence-corrected chi connectivity index (χ3v) is 4.59. The largest absolute Gasteiger partial charge is 0.493 e. The highest BCUT2D eigenvalue weighted by atomic mass is 16.5. The fourth-order valence-corrected chi connectivity index (χ4v) is 3.20. The topological polar surface area (TPSA) is 123 Å². The Morgan fingerprint density at radius 1 is 1.23 bits per heavy atom. The molecule has 0 unspecified atom stereocenters. The zero-order valence-corrected chi connectivity index (χ0v) is 17.6. The number of methoxy groups -OCH3 is 2. The molecule has 2 atom stereocenters. The van der Waals surface area contributed by atoms with Crippen LogP contribution < -0.4 is 20.1 Å². The molecule has 31 heavy (non-hydrogen) atoms. The van der Waals surface area contributed by atoms with Crippen molar-refractivity contribution in [1.29, 1.82) is 0 Å². The molecule has 0 spiro atoms. The highest BCUT2D eigenvalue weighted by Gasteiger charge is 2.36. The third kappa shape index (κ3) is 6.45. The Hall–Kier alpha value is -3.59. The van der Waals surface area contributed by atoms with Gasteiger partial charge in [0.05, 0.1) is 20.3 Å². The standard InChI is InChI=1S/C21H24N2O5.CH2O2/c1-13-5-4-6-14(9-13)11-22-21(25)20-19(23-18(24)12-28-20)15-7-8-16(26-2)17(10-15)27-3;2-1-3/h4-10,19-20H,11-12H2,1-3H3,(H,22,25)(H,23,24);1H,(H,2,3)/t19-,20+;/m1./s1. The van der Waals surface area contributed by atoms with Crippen molar-refractivity contribution in [3.63, 3.8) is 0 Å². The molecule has 2 aromatic carbocycles. The Bertz CT molecular complexity index is 916. The number of aryl methyl sites for hydroxylation is 1. The first-order valence-electron chi connectivity index (χ1n) is 9.47. The van der Waals surface area contributed by atoms with Crippen LogP contribution in [0.3, 0.4) is 0 Å². The smallest absolute Gasteiger partial charge is 0.290 e. The van der Waals surface area contributed by atoms with Crippen molar-refractivity contribution in [3.05, 3.63) is 59.2 Å². The summed E-state index contributed by atoms with van der Waals surface area (Å²) in [5.74, 6) is 0.511. The maximum Gasteiger partial charge on any atom is 0.290 e. The minimum atomic E-state index is -0.847. The number of morpholine rings is 1. The van der Waals surface area contributed by atoms with Crippen LogP contribution in [0.5, 0.6) is 11.5 Å². The molecule has 2 amide bonds. The summed E-state index contributed by atoms with van der Waals surface area (Å²) in [5, 5.41) is 12.6. The number of hydrogen-bond acceptors (Lipinski definition) is 6. The SMILES string of the molecule is COc1ccc([C@H]2NC(=O)CO[C@@H]2C(=O)NCc2cccc(C)c2)cc1OC.O=CO. The van der Waals surface area contributed by atoms with Crippen molar-refractivity contribution in [2.75, 3.05) is 20.8 Å². The van der Waals surface area contributed by atoms with E-state index in [9.17, 15) is 9.59 Å². The fraction of sp³-hybridized carbons (Fsp3) is 0.318. The quantitative estimate of drug-likeness (QED) is 0.595. The van der Waals surface area contributed by atoms with E-state index in [0.717, 1.165) is 11.1 Å². The van der Waals surface area contributed by atoms with Gasteiger partial charge in [-0.05, 0) is 30.2 Å². The average Bonchev–Trinajstić information content (AvgIpc) is 2.77. The molecule has 2 aromatic rings. The molecule has 1 saturated heterocycles. The maximum atomic E-state index is 12.8. The molecule has 1 aliphatic rings. The summed E-state index contributed by atoms with van der Waals surface area (Å²) < 4.78 is 16.1.